The van der Waals surface area contributed by atoms with Gasteiger partial charge in [-0.05, 0) is 24.5 Å². The first-order valence-corrected chi connectivity index (χ1v) is 9.98. The van der Waals surface area contributed by atoms with Gasteiger partial charge in [-0.25, -0.2) is 17.5 Å². The second-order valence-electron chi connectivity index (χ2n) is 4.83. The van der Waals surface area contributed by atoms with E-state index in [4.69, 9.17) is 17.3 Å². The van der Waals surface area contributed by atoms with Gasteiger partial charge in [0.15, 0.2) is 9.84 Å². The van der Waals surface area contributed by atoms with Crippen LogP contribution in [0.15, 0.2) is 28.1 Å². The van der Waals surface area contributed by atoms with Crippen molar-refractivity contribution >= 4 is 50.6 Å². The Kier molecular flexibility index (Phi) is 5.41. The van der Waals surface area contributed by atoms with E-state index in [9.17, 15) is 17.6 Å². The van der Waals surface area contributed by atoms with Crippen molar-refractivity contribution in [2.45, 2.75) is 16.5 Å². The Morgan fingerprint density at radius 3 is 2.67 bits per heavy atom. The molecule has 3 N–H and O–H groups in total. The van der Waals surface area contributed by atoms with E-state index < -0.39 is 21.6 Å². The highest BCUT2D eigenvalue weighted by Gasteiger charge is 2.24. The minimum absolute atomic E-state index is 0.104. The van der Waals surface area contributed by atoms with Gasteiger partial charge in [-0.15, -0.1) is 11.8 Å². The normalized spacial score (nSPS) is 11.5. The minimum Gasteiger partial charge on any atom is -0.383 e. The van der Waals surface area contributed by atoms with E-state index in [-0.39, 0.29) is 27.3 Å². The summed E-state index contributed by atoms with van der Waals surface area (Å²) in [4.78, 5) is 12.0. The highest BCUT2D eigenvalue weighted by Crippen LogP contribution is 2.29. The van der Waals surface area contributed by atoms with Crippen molar-refractivity contribution in [2.24, 2.45) is 0 Å². The standard InChI is InChI=1S/C13H14ClFN4O3S2/c1-23-13-11(24(2,21)22)12(16)19(18-13)6-10(20)17-7-3-4-9(15)8(14)5-7/h3-5H,6,16H2,1-2H3,(H,17,20). The van der Waals surface area contributed by atoms with Gasteiger partial charge < -0.3 is 11.1 Å². The van der Waals surface area contributed by atoms with Crippen LogP contribution in [0, 0.1) is 5.82 Å². The van der Waals surface area contributed by atoms with E-state index >= 15 is 0 Å². The average Bonchev–Trinajstić information content (AvgIpc) is 2.79. The first-order valence-electron chi connectivity index (χ1n) is 6.48. The Morgan fingerprint density at radius 1 is 1.50 bits per heavy atom. The molecule has 0 aliphatic rings. The molecule has 0 aliphatic carbocycles. The fraction of sp³-hybridized carbons (Fsp3) is 0.231. The highest BCUT2D eigenvalue weighted by atomic mass is 35.5. The molecule has 0 saturated heterocycles. The number of benzene rings is 1. The molecule has 0 unspecified atom stereocenters. The molecule has 0 radical (unpaired) electrons. The molecule has 1 heterocycles. The summed E-state index contributed by atoms with van der Waals surface area (Å²) in [5, 5.41) is 6.63. The largest absolute Gasteiger partial charge is 0.383 e. The zero-order valence-electron chi connectivity index (χ0n) is 12.7. The predicted octanol–water partition coefficient (Wildman–Crippen LogP) is 2.02. The van der Waals surface area contributed by atoms with Crippen LogP contribution in [0.4, 0.5) is 15.9 Å². The lowest BCUT2D eigenvalue weighted by atomic mass is 10.3. The van der Waals surface area contributed by atoms with Gasteiger partial charge >= 0.3 is 0 Å². The molecule has 0 bridgehead atoms. The van der Waals surface area contributed by atoms with Crippen LogP contribution in [0.1, 0.15) is 0 Å². The molecule has 1 amide bonds. The summed E-state index contributed by atoms with van der Waals surface area (Å²) in [6.45, 7) is -0.302. The second-order valence-corrected chi connectivity index (χ2v) is 7.99. The lowest BCUT2D eigenvalue weighted by Gasteiger charge is -2.07. The Morgan fingerprint density at radius 2 is 2.17 bits per heavy atom. The molecule has 2 rings (SSSR count). The molecular formula is C13H14ClFN4O3S2. The number of nitrogens with zero attached hydrogens (tertiary/aromatic N) is 2. The number of anilines is 2. The third-order valence-corrected chi connectivity index (χ3v) is 5.21. The van der Waals surface area contributed by atoms with E-state index in [1.165, 1.54) is 12.1 Å². The summed E-state index contributed by atoms with van der Waals surface area (Å²) in [5.74, 6) is -1.23. The van der Waals surface area contributed by atoms with Crippen molar-refractivity contribution < 1.29 is 17.6 Å². The topological polar surface area (TPSA) is 107 Å². The average molecular weight is 393 g/mol. The van der Waals surface area contributed by atoms with Gasteiger partial charge in [-0.1, -0.05) is 11.6 Å². The van der Waals surface area contributed by atoms with Crippen LogP contribution >= 0.6 is 23.4 Å². The molecule has 0 aliphatic heterocycles. The van der Waals surface area contributed by atoms with Crippen LogP contribution < -0.4 is 11.1 Å². The smallest absolute Gasteiger partial charge is 0.246 e. The number of sulfone groups is 1. The number of hydrogen-bond acceptors (Lipinski definition) is 6. The van der Waals surface area contributed by atoms with E-state index in [2.05, 4.69) is 10.4 Å². The quantitative estimate of drug-likeness (QED) is 0.754. The van der Waals surface area contributed by atoms with E-state index in [0.29, 0.717) is 5.69 Å². The maximum Gasteiger partial charge on any atom is 0.246 e. The third-order valence-electron chi connectivity index (χ3n) is 2.98. The molecule has 0 saturated carbocycles. The van der Waals surface area contributed by atoms with E-state index in [0.717, 1.165) is 28.8 Å². The molecule has 0 spiro atoms. The maximum atomic E-state index is 13.1. The summed E-state index contributed by atoms with van der Waals surface area (Å²) >= 11 is 6.75. The van der Waals surface area contributed by atoms with Crippen LogP contribution in [0.5, 0.6) is 0 Å². The van der Waals surface area contributed by atoms with E-state index in [1.807, 2.05) is 0 Å². The number of hydrogen-bond donors (Lipinski definition) is 2. The van der Waals surface area contributed by atoms with Crippen LogP contribution in [0.25, 0.3) is 0 Å². The van der Waals surface area contributed by atoms with Gasteiger partial charge in [0.25, 0.3) is 0 Å². The summed E-state index contributed by atoms with van der Waals surface area (Å²) < 4.78 is 37.8. The number of carbonyl (C=O) groups excluding carboxylic acids is 1. The number of nitrogens with two attached hydrogens (primary N) is 1. The molecule has 130 valence electrons. The fourth-order valence-electron chi connectivity index (χ4n) is 1.95. The molecule has 0 fully saturated rings. The van der Waals surface area contributed by atoms with Crippen molar-refractivity contribution in [1.82, 2.24) is 9.78 Å². The van der Waals surface area contributed by atoms with Crippen LogP contribution in [-0.4, -0.2) is 36.6 Å². The number of nitrogens with one attached hydrogen (secondary N) is 1. The van der Waals surface area contributed by atoms with Gasteiger partial charge in [0.05, 0.1) is 5.02 Å². The first kappa shape index (κ1) is 18.6. The van der Waals surface area contributed by atoms with Crippen molar-refractivity contribution in [2.75, 3.05) is 23.6 Å². The Bertz CT molecular complexity index is 899. The fourth-order valence-corrected chi connectivity index (χ4v) is 4.15. The number of amides is 1. The second kappa shape index (κ2) is 6.99. The van der Waals surface area contributed by atoms with Gasteiger partial charge in [-0.2, -0.15) is 5.10 Å². The molecule has 0 atom stereocenters. The van der Waals surface area contributed by atoms with Crippen molar-refractivity contribution in [3.63, 3.8) is 0 Å². The minimum atomic E-state index is -3.58. The predicted molar refractivity (Wildman–Crippen MR) is 91.6 cm³/mol. The van der Waals surface area contributed by atoms with Crippen molar-refractivity contribution in [3.8, 4) is 0 Å². The molecule has 1 aromatic carbocycles. The summed E-state index contributed by atoms with van der Waals surface area (Å²) in [6.07, 6.45) is 2.67. The Hall–Kier alpha value is -1.78. The summed E-state index contributed by atoms with van der Waals surface area (Å²) in [7, 11) is -3.58. The van der Waals surface area contributed by atoms with Gasteiger partial charge in [0.2, 0.25) is 5.91 Å². The van der Waals surface area contributed by atoms with Crippen LogP contribution in [0.3, 0.4) is 0 Å². The Labute approximate surface area is 147 Å². The van der Waals surface area contributed by atoms with Gasteiger partial charge in [0.1, 0.15) is 28.1 Å². The number of thioether (sulfide) groups is 1. The lowest BCUT2D eigenvalue weighted by Crippen LogP contribution is -2.21. The number of carbonyl (C=O) groups is 1. The monoisotopic (exact) mass is 392 g/mol. The number of rotatable bonds is 5. The Balaban J connectivity index is 2.23. The molecule has 11 heteroatoms. The van der Waals surface area contributed by atoms with Crippen molar-refractivity contribution in [1.29, 1.82) is 0 Å². The molecule has 1 aromatic heterocycles. The van der Waals surface area contributed by atoms with Crippen molar-refractivity contribution in [3.05, 3.63) is 29.0 Å². The summed E-state index contributed by atoms with van der Waals surface area (Å²) in [6, 6.07) is 3.73. The molecular weight excluding hydrogens is 379 g/mol. The molecule has 2 aromatic rings. The maximum absolute atomic E-state index is 13.1. The SMILES string of the molecule is CSc1nn(CC(=O)Nc2ccc(F)c(Cl)c2)c(N)c1S(C)(=O)=O. The highest BCUT2D eigenvalue weighted by molar-refractivity contribution is 7.99. The zero-order valence-corrected chi connectivity index (χ0v) is 15.1. The van der Waals surface area contributed by atoms with Gasteiger partial charge in [0, 0.05) is 11.9 Å². The molecule has 24 heavy (non-hydrogen) atoms. The molecule has 7 nitrogen and oxygen atoms in total. The first-order chi connectivity index (χ1) is 11.1. The summed E-state index contributed by atoms with van der Waals surface area (Å²) in [5.41, 5.74) is 6.11. The lowest BCUT2D eigenvalue weighted by molar-refractivity contribution is -0.116. The van der Waals surface area contributed by atoms with Crippen LogP contribution in [-0.2, 0) is 21.2 Å². The third kappa shape index (κ3) is 4.00. The van der Waals surface area contributed by atoms with Crippen LogP contribution in [0.2, 0.25) is 5.02 Å². The number of halogens is 2. The number of aromatic nitrogens is 2. The van der Waals surface area contributed by atoms with E-state index in [1.54, 1.807) is 6.26 Å². The van der Waals surface area contributed by atoms with Gasteiger partial charge in [-0.3, -0.25) is 4.79 Å². The zero-order chi connectivity index (χ0) is 18.1. The number of nitrogen functional groups attached to an aromatic ring is 1.